The van der Waals surface area contributed by atoms with Crippen molar-refractivity contribution in [3.8, 4) is 0 Å². The zero-order valence-corrected chi connectivity index (χ0v) is 13.7. The van der Waals surface area contributed by atoms with E-state index in [-0.39, 0.29) is 0 Å². The molecule has 1 aromatic rings. The van der Waals surface area contributed by atoms with Gasteiger partial charge in [0.1, 0.15) is 11.6 Å². The van der Waals surface area contributed by atoms with Crippen molar-refractivity contribution in [3.05, 3.63) is 16.5 Å². The van der Waals surface area contributed by atoms with E-state index in [1.54, 1.807) is 0 Å². The molecule has 4 heteroatoms. The first-order valence-electron chi connectivity index (χ1n) is 7.38. The van der Waals surface area contributed by atoms with Gasteiger partial charge in [0.15, 0.2) is 0 Å². The molecule has 1 aliphatic carbocycles. The Labute approximate surface area is 124 Å². The van der Waals surface area contributed by atoms with Crippen molar-refractivity contribution in [2.45, 2.75) is 52.4 Å². The third-order valence-electron chi connectivity index (χ3n) is 4.19. The van der Waals surface area contributed by atoms with Crippen LogP contribution in [0.1, 0.15) is 58.2 Å². The van der Waals surface area contributed by atoms with Crippen LogP contribution < -0.4 is 5.32 Å². The van der Waals surface area contributed by atoms with Gasteiger partial charge in [-0.15, -0.1) is 0 Å². The maximum atomic E-state index is 4.69. The molecule has 0 unspecified atom stereocenters. The average Bonchev–Trinajstić information content (AvgIpc) is 2.41. The molecule has 0 radical (unpaired) electrons. The quantitative estimate of drug-likeness (QED) is 0.878. The molecule has 0 saturated heterocycles. The molecular formula is C15H24BrN3. The van der Waals surface area contributed by atoms with Crippen molar-refractivity contribution in [2.24, 2.45) is 11.8 Å². The summed E-state index contributed by atoms with van der Waals surface area (Å²) < 4.78 is 0.953. The number of halogens is 1. The predicted molar refractivity (Wildman–Crippen MR) is 83.4 cm³/mol. The zero-order valence-electron chi connectivity index (χ0n) is 12.1. The lowest BCUT2D eigenvalue weighted by Gasteiger charge is -2.30. The molecule has 1 aliphatic rings. The van der Waals surface area contributed by atoms with E-state index in [1.165, 1.54) is 25.7 Å². The normalized spacial score (nSPS) is 23.6. The van der Waals surface area contributed by atoms with Gasteiger partial charge in [0.25, 0.3) is 0 Å². The second-order valence-corrected chi connectivity index (χ2v) is 6.67. The van der Waals surface area contributed by atoms with Crippen LogP contribution in [0.25, 0.3) is 0 Å². The zero-order chi connectivity index (χ0) is 13.8. The fourth-order valence-corrected chi connectivity index (χ4v) is 3.24. The molecule has 0 amide bonds. The molecule has 1 N–H and O–H groups in total. The molecule has 106 valence electrons. The summed E-state index contributed by atoms with van der Waals surface area (Å²) in [6, 6.07) is 0. The smallest absolute Gasteiger partial charge is 0.144 e. The Hall–Kier alpha value is -0.640. The molecule has 3 nitrogen and oxygen atoms in total. The van der Waals surface area contributed by atoms with Gasteiger partial charge in [-0.25, -0.2) is 9.97 Å². The van der Waals surface area contributed by atoms with Crippen molar-refractivity contribution in [1.82, 2.24) is 9.97 Å². The Morgan fingerprint density at radius 3 is 2.58 bits per heavy atom. The van der Waals surface area contributed by atoms with Crippen LogP contribution in [0.5, 0.6) is 0 Å². The summed E-state index contributed by atoms with van der Waals surface area (Å²) in [6.45, 7) is 7.64. The van der Waals surface area contributed by atoms with Crippen molar-refractivity contribution in [2.75, 3.05) is 11.9 Å². The second kappa shape index (κ2) is 6.69. The minimum Gasteiger partial charge on any atom is -0.369 e. The lowest BCUT2D eigenvalue weighted by Crippen LogP contribution is -2.19. The minimum absolute atomic E-state index is 0.542. The first-order chi connectivity index (χ1) is 9.11. The maximum Gasteiger partial charge on any atom is 0.144 e. The van der Waals surface area contributed by atoms with Crippen LogP contribution in [-0.4, -0.2) is 16.5 Å². The number of nitrogens with one attached hydrogen (secondary N) is 1. The lowest BCUT2D eigenvalue weighted by molar-refractivity contribution is 0.255. The number of hydrogen-bond acceptors (Lipinski definition) is 3. The molecule has 1 heterocycles. The van der Waals surface area contributed by atoms with Gasteiger partial charge in [0, 0.05) is 18.7 Å². The van der Waals surface area contributed by atoms with Gasteiger partial charge in [-0.2, -0.15) is 0 Å². The van der Waals surface area contributed by atoms with Crippen LogP contribution in [0.4, 0.5) is 5.82 Å². The van der Waals surface area contributed by atoms with Gasteiger partial charge in [0.2, 0.25) is 0 Å². The predicted octanol–water partition coefficient (Wildman–Crippen LogP) is 4.60. The Bertz CT molecular complexity index is 412. The molecule has 0 aromatic carbocycles. The highest BCUT2D eigenvalue weighted by Crippen LogP contribution is 2.38. The molecule has 2 rings (SSSR count). The fraction of sp³-hybridized carbons (Fsp3) is 0.733. The largest absolute Gasteiger partial charge is 0.369 e. The molecule has 0 spiro atoms. The van der Waals surface area contributed by atoms with Crippen molar-refractivity contribution < 1.29 is 0 Å². The standard InChI is InChI=1S/C15H24BrN3/c1-4-17-15-13(16)9-18-14(19-15)12-7-5-11(6-8-12)10(2)3/h9-12H,4-8H2,1-3H3,(H,17,18,19). The third kappa shape index (κ3) is 3.68. The fourth-order valence-electron chi connectivity index (χ4n) is 2.91. The Morgan fingerprint density at radius 2 is 2.00 bits per heavy atom. The first-order valence-corrected chi connectivity index (χ1v) is 8.17. The average molecular weight is 326 g/mol. The van der Waals surface area contributed by atoms with Crippen LogP contribution in [0.3, 0.4) is 0 Å². The first kappa shape index (κ1) is 14.8. The summed E-state index contributed by atoms with van der Waals surface area (Å²) >= 11 is 3.50. The Balaban J connectivity index is 2.05. The van der Waals surface area contributed by atoms with Gasteiger partial charge in [-0.05, 0) is 60.4 Å². The third-order valence-corrected chi connectivity index (χ3v) is 4.77. The number of rotatable bonds is 4. The van der Waals surface area contributed by atoms with E-state index in [4.69, 9.17) is 0 Å². The van der Waals surface area contributed by atoms with E-state index in [0.717, 1.165) is 34.5 Å². The number of aromatic nitrogens is 2. The molecule has 0 bridgehead atoms. The highest BCUT2D eigenvalue weighted by atomic mass is 79.9. The summed E-state index contributed by atoms with van der Waals surface area (Å²) in [4.78, 5) is 9.20. The van der Waals surface area contributed by atoms with E-state index in [1.807, 2.05) is 6.20 Å². The van der Waals surface area contributed by atoms with Crippen LogP contribution >= 0.6 is 15.9 Å². The number of nitrogens with zero attached hydrogens (tertiary/aromatic N) is 2. The highest BCUT2D eigenvalue weighted by molar-refractivity contribution is 9.10. The molecule has 1 saturated carbocycles. The van der Waals surface area contributed by atoms with E-state index < -0.39 is 0 Å². The lowest BCUT2D eigenvalue weighted by atomic mass is 9.77. The second-order valence-electron chi connectivity index (χ2n) is 5.81. The van der Waals surface area contributed by atoms with E-state index >= 15 is 0 Å². The summed E-state index contributed by atoms with van der Waals surface area (Å²) in [6.07, 6.45) is 6.98. The van der Waals surface area contributed by atoms with E-state index in [2.05, 4.69) is 52.0 Å². The van der Waals surface area contributed by atoms with Crippen LogP contribution in [-0.2, 0) is 0 Å². The molecule has 1 fully saturated rings. The van der Waals surface area contributed by atoms with E-state index in [9.17, 15) is 0 Å². The van der Waals surface area contributed by atoms with Crippen molar-refractivity contribution in [1.29, 1.82) is 0 Å². The summed E-state index contributed by atoms with van der Waals surface area (Å²) in [5, 5.41) is 3.28. The van der Waals surface area contributed by atoms with Gasteiger partial charge < -0.3 is 5.32 Å². The van der Waals surface area contributed by atoms with Gasteiger partial charge in [0.05, 0.1) is 4.47 Å². The summed E-state index contributed by atoms with van der Waals surface area (Å²) in [7, 11) is 0. The minimum atomic E-state index is 0.542. The topological polar surface area (TPSA) is 37.8 Å². The molecule has 19 heavy (non-hydrogen) atoms. The molecule has 0 atom stereocenters. The summed E-state index contributed by atoms with van der Waals surface area (Å²) in [5.74, 6) is 4.18. The van der Waals surface area contributed by atoms with Crippen molar-refractivity contribution in [3.63, 3.8) is 0 Å². The van der Waals surface area contributed by atoms with Crippen molar-refractivity contribution >= 4 is 21.7 Å². The van der Waals surface area contributed by atoms with Crippen LogP contribution in [0, 0.1) is 11.8 Å². The van der Waals surface area contributed by atoms with Gasteiger partial charge >= 0.3 is 0 Å². The van der Waals surface area contributed by atoms with Crippen LogP contribution in [0.2, 0.25) is 0 Å². The maximum absolute atomic E-state index is 4.69. The number of anilines is 1. The SMILES string of the molecule is CCNc1nc(C2CCC(C(C)C)CC2)ncc1Br. The summed E-state index contributed by atoms with van der Waals surface area (Å²) in [5.41, 5.74) is 0. The number of hydrogen-bond donors (Lipinski definition) is 1. The Kier molecular flexibility index (Phi) is 5.20. The Morgan fingerprint density at radius 1 is 1.32 bits per heavy atom. The molecular weight excluding hydrogens is 302 g/mol. The van der Waals surface area contributed by atoms with Gasteiger partial charge in [-0.3, -0.25) is 0 Å². The van der Waals surface area contributed by atoms with Crippen LogP contribution in [0.15, 0.2) is 10.7 Å². The monoisotopic (exact) mass is 325 g/mol. The molecule has 1 aromatic heterocycles. The van der Waals surface area contributed by atoms with Gasteiger partial charge in [-0.1, -0.05) is 13.8 Å². The highest BCUT2D eigenvalue weighted by Gasteiger charge is 2.26. The van der Waals surface area contributed by atoms with E-state index in [0.29, 0.717) is 5.92 Å². The molecule has 0 aliphatic heterocycles.